The van der Waals surface area contributed by atoms with Gasteiger partial charge in [0.2, 0.25) is 0 Å². The molecule has 1 aliphatic rings. The van der Waals surface area contributed by atoms with E-state index in [9.17, 15) is 0 Å². The van der Waals surface area contributed by atoms with Crippen molar-refractivity contribution in [1.29, 1.82) is 0 Å². The first kappa shape index (κ1) is 14.0. The standard InChI is InChI=1S/C15H26N2S/c1-4-14(15-16-8-9-18-15)17-13-7-5-6-12(10-13)11(2)3/h8-9,11-14,17H,4-7,10H2,1-3H3. The fraction of sp³-hybridized carbons (Fsp3) is 0.800. The molecule has 1 aliphatic carbocycles. The molecule has 18 heavy (non-hydrogen) atoms. The van der Waals surface area contributed by atoms with Crippen LogP contribution in [-0.2, 0) is 0 Å². The van der Waals surface area contributed by atoms with Crippen LogP contribution in [0.25, 0.3) is 0 Å². The highest BCUT2D eigenvalue weighted by molar-refractivity contribution is 7.09. The van der Waals surface area contributed by atoms with Crippen molar-refractivity contribution in [2.24, 2.45) is 11.8 Å². The van der Waals surface area contributed by atoms with E-state index in [1.165, 1.54) is 30.7 Å². The van der Waals surface area contributed by atoms with Gasteiger partial charge >= 0.3 is 0 Å². The number of rotatable bonds is 5. The molecule has 2 nitrogen and oxygen atoms in total. The van der Waals surface area contributed by atoms with Gasteiger partial charge in [0.25, 0.3) is 0 Å². The van der Waals surface area contributed by atoms with E-state index >= 15 is 0 Å². The zero-order valence-electron chi connectivity index (χ0n) is 11.9. The van der Waals surface area contributed by atoms with Crippen LogP contribution in [0.4, 0.5) is 0 Å². The van der Waals surface area contributed by atoms with E-state index in [0.717, 1.165) is 18.3 Å². The molecule has 2 rings (SSSR count). The lowest BCUT2D eigenvalue weighted by Gasteiger charge is -2.34. The van der Waals surface area contributed by atoms with Crippen LogP contribution in [0.2, 0.25) is 0 Å². The zero-order chi connectivity index (χ0) is 13.0. The van der Waals surface area contributed by atoms with Gasteiger partial charge in [-0.05, 0) is 31.1 Å². The highest BCUT2D eigenvalue weighted by Crippen LogP contribution is 2.31. The van der Waals surface area contributed by atoms with Gasteiger partial charge in [-0.2, -0.15) is 0 Å². The molecule has 0 bridgehead atoms. The molecule has 1 heterocycles. The molecule has 1 saturated carbocycles. The van der Waals surface area contributed by atoms with Crippen molar-refractivity contribution < 1.29 is 0 Å². The Morgan fingerprint density at radius 2 is 2.28 bits per heavy atom. The predicted octanol–water partition coefficient (Wildman–Crippen LogP) is 4.40. The van der Waals surface area contributed by atoms with Crippen molar-refractivity contribution in [3.8, 4) is 0 Å². The van der Waals surface area contributed by atoms with Gasteiger partial charge in [0.15, 0.2) is 0 Å². The zero-order valence-corrected chi connectivity index (χ0v) is 12.7. The summed E-state index contributed by atoms with van der Waals surface area (Å²) in [4.78, 5) is 4.46. The van der Waals surface area contributed by atoms with Gasteiger partial charge in [-0.15, -0.1) is 11.3 Å². The van der Waals surface area contributed by atoms with Crippen molar-refractivity contribution in [2.45, 2.75) is 65.0 Å². The predicted molar refractivity (Wildman–Crippen MR) is 78.9 cm³/mol. The second kappa shape index (κ2) is 6.67. The molecule has 0 aromatic carbocycles. The lowest BCUT2D eigenvalue weighted by Crippen LogP contribution is -2.37. The highest BCUT2D eigenvalue weighted by Gasteiger charge is 2.26. The van der Waals surface area contributed by atoms with Crippen LogP contribution in [0.15, 0.2) is 11.6 Å². The Balaban J connectivity index is 1.91. The topological polar surface area (TPSA) is 24.9 Å². The van der Waals surface area contributed by atoms with Gasteiger partial charge in [-0.1, -0.05) is 33.6 Å². The lowest BCUT2D eigenvalue weighted by atomic mass is 9.79. The Labute approximate surface area is 115 Å². The first-order valence-electron chi connectivity index (χ1n) is 7.36. The van der Waals surface area contributed by atoms with Crippen LogP contribution >= 0.6 is 11.3 Å². The molecule has 0 aliphatic heterocycles. The highest BCUT2D eigenvalue weighted by atomic mass is 32.1. The Bertz CT molecular complexity index is 334. The van der Waals surface area contributed by atoms with E-state index < -0.39 is 0 Å². The summed E-state index contributed by atoms with van der Waals surface area (Å²) in [6.07, 6.45) is 8.54. The van der Waals surface area contributed by atoms with Crippen molar-refractivity contribution in [1.82, 2.24) is 10.3 Å². The molecule has 1 aromatic rings. The molecule has 0 spiro atoms. The summed E-state index contributed by atoms with van der Waals surface area (Å²) in [6, 6.07) is 1.15. The summed E-state index contributed by atoms with van der Waals surface area (Å²) >= 11 is 1.78. The number of hydrogen-bond donors (Lipinski definition) is 1. The molecule has 3 atom stereocenters. The minimum atomic E-state index is 0.459. The molecule has 1 N–H and O–H groups in total. The molecular weight excluding hydrogens is 240 g/mol. The van der Waals surface area contributed by atoms with Crippen molar-refractivity contribution >= 4 is 11.3 Å². The number of nitrogens with one attached hydrogen (secondary N) is 1. The molecular formula is C15H26N2S. The lowest BCUT2D eigenvalue weighted by molar-refractivity contribution is 0.219. The van der Waals surface area contributed by atoms with Gasteiger partial charge in [0, 0.05) is 17.6 Å². The summed E-state index contributed by atoms with van der Waals surface area (Å²) in [5.74, 6) is 1.74. The summed E-state index contributed by atoms with van der Waals surface area (Å²) < 4.78 is 0. The van der Waals surface area contributed by atoms with Crippen LogP contribution < -0.4 is 5.32 Å². The van der Waals surface area contributed by atoms with E-state index in [4.69, 9.17) is 0 Å². The van der Waals surface area contributed by atoms with E-state index in [-0.39, 0.29) is 0 Å². The van der Waals surface area contributed by atoms with Gasteiger partial charge in [-0.25, -0.2) is 4.98 Å². The van der Waals surface area contributed by atoms with Crippen molar-refractivity contribution in [2.75, 3.05) is 0 Å². The maximum absolute atomic E-state index is 4.46. The third-order valence-corrected chi connectivity index (χ3v) is 5.14. The number of aromatic nitrogens is 1. The van der Waals surface area contributed by atoms with Crippen molar-refractivity contribution in [3.63, 3.8) is 0 Å². The first-order chi connectivity index (χ1) is 8.70. The third kappa shape index (κ3) is 3.55. The Morgan fingerprint density at radius 3 is 2.89 bits per heavy atom. The molecule has 1 fully saturated rings. The van der Waals surface area contributed by atoms with E-state index in [1.54, 1.807) is 11.3 Å². The van der Waals surface area contributed by atoms with Crippen molar-refractivity contribution in [3.05, 3.63) is 16.6 Å². The largest absolute Gasteiger partial charge is 0.305 e. The quantitative estimate of drug-likeness (QED) is 0.854. The van der Waals surface area contributed by atoms with Crippen LogP contribution in [0.1, 0.15) is 63.9 Å². The molecule has 0 radical (unpaired) electrons. The average Bonchev–Trinajstić information content (AvgIpc) is 2.90. The Morgan fingerprint density at radius 1 is 1.44 bits per heavy atom. The van der Waals surface area contributed by atoms with Gasteiger partial charge in [0.05, 0.1) is 6.04 Å². The van der Waals surface area contributed by atoms with E-state index in [1.807, 2.05) is 6.20 Å². The fourth-order valence-electron chi connectivity index (χ4n) is 3.04. The minimum Gasteiger partial charge on any atom is -0.305 e. The molecule has 3 unspecified atom stereocenters. The Hall–Kier alpha value is -0.410. The summed E-state index contributed by atoms with van der Waals surface area (Å²) in [7, 11) is 0. The van der Waals surface area contributed by atoms with E-state index in [0.29, 0.717) is 12.1 Å². The molecule has 0 saturated heterocycles. The van der Waals surface area contributed by atoms with Crippen LogP contribution in [-0.4, -0.2) is 11.0 Å². The average molecular weight is 266 g/mol. The summed E-state index contributed by atoms with van der Waals surface area (Å²) in [5.41, 5.74) is 0. The van der Waals surface area contributed by atoms with E-state index in [2.05, 4.69) is 36.5 Å². The second-order valence-electron chi connectivity index (χ2n) is 5.87. The maximum atomic E-state index is 4.46. The van der Waals surface area contributed by atoms with Crippen LogP contribution in [0.5, 0.6) is 0 Å². The van der Waals surface area contributed by atoms with Gasteiger partial charge in [0.1, 0.15) is 5.01 Å². The number of hydrogen-bond acceptors (Lipinski definition) is 3. The maximum Gasteiger partial charge on any atom is 0.109 e. The minimum absolute atomic E-state index is 0.459. The van der Waals surface area contributed by atoms with Crippen LogP contribution in [0.3, 0.4) is 0 Å². The van der Waals surface area contributed by atoms with Crippen LogP contribution in [0, 0.1) is 11.8 Å². The van der Waals surface area contributed by atoms with Gasteiger partial charge in [-0.3, -0.25) is 0 Å². The van der Waals surface area contributed by atoms with Gasteiger partial charge < -0.3 is 5.32 Å². The molecule has 3 heteroatoms. The summed E-state index contributed by atoms with van der Waals surface area (Å²) in [5, 5.41) is 7.18. The smallest absolute Gasteiger partial charge is 0.109 e. The monoisotopic (exact) mass is 266 g/mol. The normalized spacial score (nSPS) is 26.4. The first-order valence-corrected chi connectivity index (χ1v) is 8.24. The third-order valence-electron chi connectivity index (χ3n) is 4.25. The fourth-order valence-corrected chi connectivity index (χ4v) is 3.82. The molecule has 1 aromatic heterocycles. The SMILES string of the molecule is CCC(NC1CCCC(C(C)C)C1)c1nccs1. The number of thiazole rings is 1. The summed E-state index contributed by atoms with van der Waals surface area (Å²) in [6.45, 7) is 6.98. The molecule has 102 valence electrons. The Kier molecular flexibility index (Phi) is 5.19. The number of nitrogens with zero attached hydrogens (tertiary/aromatic N) is 1. The second-order valence-corrected chi connectivity index (χ2v) is 6.79. The molecule has 0 amide bonds.